The molecule has 10 heteroatoms. The van der Waals surface area contributed by atoms with Gasteiger partial charge in [-0.3, -0.25) is 19.8 Å². The molecule has 0 aliphatic carbocycles. The van der Waals surface area contributed by atoms with E-state index < -0.39 is 17.8 Å². The maximum Gasteiger partial charge on any atom is 0.335 e. The zero-order valence-electron chi connectivity index (χ0n) is 21.0. The zero-order valence-corrected chi connectivity index (χ0v) is 24.0. The SMILES string of the molecule is COc1cc(C=C2C(=O)NC(=S)N(c3cccc(C(=O)O)c3)C2=O)cc(I)c1OCc1cccc2ccccc12. The second-order valence-electron chi connectivity index (χ2n) is 8.77. The number of thiocarbonyl (C=S) groups is 1. The van der Waals surface area contributed by atoms with E-state index in [1.54, 1.807) is 18.2 Å². The lowest BCUT2D eigenvalue weighted by Gasteiger charge is -2.29. The number of nitrogens with zero attached hydrogens (tertiary/aromatic N) is 1. The van der Waals surface area contributed by atoms with Crippen LogP contribution in [0.15, 0.2) is 84.4 Å². The number of carboxylic acid groups (broad SMARTS) is 1. The number of hydrogen-bond acceptors (Lipinski definition) is 6. The lowest BCUT2D eigenvalue weighted by atomic mass is 10.1. The topological polar surface area (TPSA) is 105 Å². The van der Waals surface area contributed by atoms with Crippen LogP contribution in [-0.2, 0) is 16.2 Å². The van der Waals surface area contributed by atoms with Crippen LogP contribution in [-0.4, -0.2) is 35.1 Å². The minimum absolute atomic E-state index is 0.0195. The number of benzene rings is 4. The van der Waals surface area contributed by atoms with Crippen molar-refractivity contribution >= 4 is 80.2 Å². The minimum Gasteiger partial charge on any atom is -0.493 e. The molecule has 1 heterocycles. The van der Waals surface area contributed by atoms with E-state index in [0.29, 0.717) is 27.2 Å². The Morgan fingerprint density at radius 1 is 1.05 bits per heavy atom. The standard InChI is InChI=1S/C30H21IN2O6S/c1-38-25-14-17(13-24(31)26(25)39-16-20-9-4-7-18-6-2-3-11-22(18)20)12-23-27(34)32-30(40)33(28(23)35)21-10-5-8-19(15-21)29(36)37/h2-15H,16H2,1H3,(H,36,37)(H,32,34,40). The van der Waals surface area contributed by atoms with Gasteiger partial charge in [0.05, 0.1) is 21.9 Å². The van der Waals surface area contributed by atoms with E-state index in [0.717, 1.165) is 21.2 Å². The number of aromatic carboxylic acids is 1. The zero-order chi connectivity index (χ0) is 28.4. The molecule has 2 N–H and O–H groups in total. The van der Waals surface area contributed by atoms with Crippen molar-refractivity contribution in [3.63, 3.8) is 0 Å². The molecule has 0 unspecified atom stereocenters. The molecule has 1 fully saturated rings. The van der Waals surface area contributed by atoms with Crippen LogP contribution >= 0.6 is 34.8 Å². The van der Waals surface area contributed by atoms with Crippen LogP contribution in [0.4, 0.5) is 5.69 Å². The lowest BCUT2D eigenvalue weighted by molar-refractivity contribution is -0.122. The van der Waals surface area contributed by atoms with E-state index >= 15 is 0 Å². The fourth-order valence-corrected chi connectivity index (χ4v) is 5.43. The third-order valence-electron chi connectivity index (χ3n) is 6.27. The van der Waals surface area contributed by atoms with Gasteiger partial charge < -0.3 is 14.6 Å². The molecule has 200 valence electrons. The molecule has 5 rings (SSSR count). The lowest BCUT2D eigenvalue weighted by Crippen LogP contribution is -2.54. The van der Waals surface area contributed by atoms with Crippen LogP contribution in [0.1, 0.15) is 21.5 Å². The Kier molecular flexibility index (Phi) is 7.81. The van der Waals surface area contributed by atoms with Gasteiger partial charge in [-0.25, -0.2) is 4.79 Å². The summed E-state index contributed by atoms with van der Waals surface area (Å²) < 4.78 is 12.5. The molecule has 0 saturated carbocycles. The fraction of sp³-hybridized carbons (Fsp3) is 0.0667. The number of carbonyl (C=O) groups excluding carboxylic acids is 2. The number of nitrogens with one attached hydrogen (secondary N) is 1. The Bertz CT molecular complexity index is 1730. The van der Waals surface area contributed by atoms with E-state index in [-0.39, 0.29) is 21.9 Å². The Balaban J connectivity index is 1.45. The van der Waals surface area contributed by atoms with Crippen LogP contribution in [0.3, 0.4) is 0 Å². The first kappa shape index (κ1) is 27.3. The summed E-state index contributed by atoms with van der Waals surface area (Å²) in [5, 5.41) is 13.9. The highest BCUT2D eigenvalue weighted by atomic mass is 127. The Morgan fingerprint density at radius 2 is 1.80 bits per heavy atom. The van der Waals surface area contributed by atoms with Gasteiger partial charge in [0.15, 0.2) is 16.6 Å². The van der Waals surface area contributed by atoms with Gasteiger partial charge in [-0.1, -0.05) is 48.5 Å². The highest BCUT2D eigenvalue weighted by Gasteiger charge is 2.35. The van der Waals surface area contributed by atoms with Crippen LogP contribution in [0.2, 0.25) is 0 Å². The van der Waals surface area contributed by atoms with Gasteiger partial charge in [0.2, 0.25) is 0 Å². The summed E-state index contributed by atoms with van der Waals surface area (Å²) >= 11 is 7.35. The molecule has 0 spiro atoms. The van der Waals surface area contributed by atoms with E-state index in [1.807, 2.05) is 42.5 Å². The quantitative estimate of drug-likeness (QED) is 0.115. The molecule has 0 aromatic heterocycles. The second-order valence-corrected chi connectivity index (χ2v) is 10.3. The molecule has 1 aliphatic heterocycles. The van der Waals surface area contributed by atoms with Crippen LogP contribution in [0, 0.1) is 3.57 Å². The van der Waals surface area contributed by atoms with Crippen molar-refractivity contribution < 1.29 is 29.0 Å². The smallest absolute Gasteiger partial charge is 0.335 e. The molecule has 0 atom stereocenters. The number of hydrogen-bond donors (Lipinski definition) is 2. The van der Waals surface area contributed by atoms with Gasteiger partial charge in [-0.2, -0.15) is 0 Å². The first-order valence-electron chi connectivity index (χ1n) is 12.0. The maximum atomic E-state index is 13.4. The predicted octanol–water partition coefficient (Wildman–Crippen LogP) is 5.56. The van der Waals surface area contributed by atoms with E-state index in [2.05, 4.69) is 27.9 Å². The average molecular weight is 664 g/mol. The molecule has 0 radical (unpaired) electrons. The van der Waals surface area contributed by atoms with Gasteiger partial charge in [0, 0.05) is 0 Å². The summed E-state index contributed by atoms with van der Waals surface area (Å²) in [6.45, 7) is 0.316. The van der Waals surface area contributed by atoms with Crippen molar-refractivity contribution in [3.05, 3.63) is 105 Å². The van der Waals surface area contributed by atoms with Gasteiger partial charge in [-0.15, -0.1) is 0 Å². The van der Waals surface area contributed by atoms with Gasteiger partial charge >= 0.3 is 5.97 Å². The fourth-order valence-electron chi connectivity index (χ4n) is 4.37. The molecule has 40 heavy (non-hydrogen) atoms. The summed E-state index contributed by atoms with van der Waals surface area (Å²) in [5.41, 5.74) is 1.59. The number of fused-ring (bicyclic) bond motifs is 1. The van der Waals surface area contributed by atoms with Crippen LogP contribution in [0.25, 0.3) is 16.8 Å². The summed E-state index contributed by atoms with van der Waals surface area (Å²) in [6.07, 6.45) is 1.44. The molecule has 1 saturated heterocycles. The maximum absolute atomic E-state index is 13.4. The summed E-state index contributed by atoms with van der Waals surface area (Å²) in [5.74, 6) is -1.52. The third kappa shape index (κ3) is 5.40. The van der Waals surface area contributed by atoms with Gasteiger partial charge in [0.1, 0.15) is 12.2 Å². The van der Waals surface area contributed by atoms with Crippen LogP contribution in [0.5, 0.6) is 11.5 Å². The van der Waals surface area contributed by atoms with Crippen LogP contribution < -0.4 is 19.7 Å². The average Bonchev–Trinajstić information content (AvgIpc) is 2.94. The number of rotatable bonds is 7. The molecule has 8 nitrogen and oxygen atoms in total. The second kappa shape index (κ2) is 11.4. The van der Waals surface area contributed by atoms with Crippen molar-refractivity contribution in [2.24, 2.45) is 0 Å². The summed E-state index contributed by atoms with van der Waals surface area (Å²) in [6, 6.07) is 23.3. The number of carbonyl (C=O) groups is 3. The highest BCUT2D eigenvalue weighted by molar-refractivity contribution is 14.1. The number of methoxy groups -OCH3 is 1. The Morgan fingerprint density at radius 3 is 2.58 bits per heavy atom. The largest absolute Gasteiger partial charge is 0.493 e. The van der Waals surface area contributed by atoms with Crippen molar-refractivity contribution in [2.75, 3.05) is 12.0 Å². The molecular formula is C30H21IN2O6S. The first-order valence-corrected chi connectivity index (χ1v) is 13.5. The molecule has 1 aliphatic rings. The van der Waals surface area contributed by atoms with Crippen molar-refractivity contribution in [2.45, 2.75) is 6.61 Å². The monoisotopic (exact) mass is 664 g/mol. The first-order chi connectivity index (χ1) is 19.3. The summed E-state index contributed by atoms with van der Waals surface area (Å²) in [4.78, 5) is 38.7. The Labute approximate surface area is 248 Å². The molecule has 0 bridgehead atoms. The molecular weight excluding hydrogens is 643 g/mol. The van der Waals surface area contributed by atoms with Gasteiger partial charge in [-0.05, 0) is 93.1 Å². The van der Waals surface area contributed by atoms with E-state index in [1.165, 1.54) is 31.4 Å². The van der Waals surface area contributed by atoms with E-state index in [9.17, 15) is 19.5 Å². The number of ether oxygens (including phenoxy) is 2. The highest BCUT2D eigenvalue weighted by Crippen LogP contribution is 2.36. The van der Waals surface area contributed by atoms with E-state index in [4.69, 9.17) is 21.7 Å². The normalized spacial score (nSPS) is 14.4. The summed E-state index contributed by atoms with van der Waals surface area (Å²) in [7, 11) is 1.52. The molecule has 4 aromatic rings. The Hall–Kier alpha value is -4.29. The predicted molar refractivity (Wildman–Crippen MR) is 164 cm³/mol. The number of halogens is 1. The number of anilines is 1. The van der Waals surface area contributed by atoms with Gasteiger partial charge in [0.25, 0.3) is 11.8 Å². The van der Waals surface area contributed by atoms with Crippen molar-refractivity contribution in [1.29, 1.82) is 0 Å². The number of carboxylic acids is 1. The number of amides is 2. The third-order valence-corrected chi connectivity index (χ3v) is 7.35. The minimum atomic E-state index is -1.15. The molecule has 2 amide bonds. The van der Waals surface area contributed by atoms with Crippen molar-refractivity contribution in [1.82, 2.24) is 5.32 Å². The van der Waals surface area contributed by atoms with Crippen molar-refractivity contribution in [3.8, 4) is 11.5 Å². The molecule has 4 aromatic carbocycles.